The Morgan fingerprint density at radius 2 is 1.82 bits per heavy atom. The van der Waals surface area contributed by atoms with Crippen LogP contribution in [0.3, 0.4) is 0 Å². The molecule has 0 saturated carbocycles. The molecule has 9 nitrogen and oxygen atoms in total. The third kappa shape index (κ3) is 5.55. The molecule has 1 aromatic carbocycles. The standard InChI is InChI=1S/C22H24Cl2N6O3/c1-2-33-21(31)19-16(25-22(32)26-20(19)14-3-5-15(23)6-4-14)13-29-9-11-30(12-10-29)18-8-7-17(24)27-28-18/h3-8,20H,2,9-13H2,1H3,(H2,25,26,32)/t20-/m1/s1. The number of hydrogen-bond donors (Lipinski definition) is 2. The summed E-state index contributed by atoms with van der Waals surface area (Å²) in [7, 11) is 0. The Morgan fingerprint density at radius 3 is 2.45 bits per heavy atom. The number of amides is 2. The molecule has 174 valence electrons. The lowest BCUT2D eigenvalue weighted by Gasteiger charge is -2.37. The number of piperazine rings is 1. The number of carbonyl (C=O) groups excluding carboxylic acids is 2. The van der Waals surface area contributed by atoms with E-state index in [0.717, 1.165) is 37.6 Å². The monoisotopic (exact) mass is 490 g/mol. The molecule has 4 rings (SSSR count). The summed E-state index contributed by atoms with van der Waals surface area (Å²) in [6.07, 6.45) is 0. The number of anilines is 1. The zero-order chi connectivity index (χ0) is 23.4. The first kappa shape index (κ1) is 23.3. The average molecular weight is 491 g/mol. The van der Waals surface area contributed by atoms with Gasteiger partial charge in [0.05, 0.1) is 18.2 Å². The first-order valence-electron chi connectivity index (χ1n) is 10.6. The van der Waals surface area contributed by atoms with Crippen molar-refractivity contribution in [3.05, 3.63) is 63.4 Å². The molecule has 1 fully saturated rings. The third-order valence-corrected chi connectivity index (χ3v) is 6.00. The van der Waals surface area contributed by atoms with E-state index in [1.165, 1.54) is 0 Å². The summed E-state index contributed by atoms with van der Waals surface area (Å²) in [6.45, 7) is 5.29. The molecular formula is C22H24Cl2N6O3. The summed E-state index contributed by atoms with van der Waals surface area (Å²) in [4.78, 5) is 29.7. The van der Waals surface area contributed by atoms with Crippen molar-refractivity contribution in [3.8, 4) is 0 Å². The van der Waals surface area contributed by atoms with E-state index in [4.69, 9.17) is 27.9 Å². The summed E-state index contributed by atoms with van der Waals surface area (Å²) < 4.78 is 5.33. The number of nitrogens with one attached hydrogen (secondary N) is 2. The number of esters is 1. The van der Waals surface area contributed by atoms with Crippen LogP contribution < -0.4 is 15.5 Å². The van der Waals surface area contributed by atoms with Gasteiger partial charge in [0.25, 0.3) is 0 Å². The molecule has 1 saturated heterocycles. The van der Waals surface area contributed by atoms with E-state index in [2.05, 4.69) is 30.6 Å². The SMILES string of the molecule is CCOC(=O)C1=C(CN2CCN(c3ccc(Cl)nn3)CC2)NC(=O)N[C@@H]1c1ccc(Cl)cc1. The maximum atomic E-state index is 12.9. The molecular weight excluding hydrogens is 467 g/mol. The van der Waals surface area contributed by atoms with Crippen molar-refractivity contribution in [1.82, 2.24) is 25.7 Å². The number of ether oxygens (including phenoxy) is 1. The summed E-state index contributed by atoms with van der Waals surface area (Å²) in [5.74, 6) is 0.304. The van der Waals surface area contributed by atoms with Crippen LogP contribution in [0, 0.1) is 0 Å². The molecule has 2 amide bonds. The Labute approximate surface area is 201 Å². The third-order valence-electron chi connectivity index (χ3n) is 5.55. The quantitative estimate of drug-likeness (QED) is 0.600. The van der Waals surface area contributed by atoms with Gasteiger partial charge in [0.15, 0.2) is 11.0 Å². The number of aromatic nitrogens is 2. The lowest BCUT2D eigenvalue weighted by atomic mass is 9.95. The summed E-state index contributed by atoms with van der Waals surface area (Å²) in [6, 6.07) is 9.61. The molecule has 2 aliphatic heterocycles. The highest BCUT2D eigenvalue weighted by Gasteiger charge is 2.34. The van der Waals surface area contributed by atoms with Crippen LogP contribution in [-0.2, 0) is 9.53 Å². The molecule has 33 heavy (non-hydrogen) atoms. The van der Waals surface area contributed by atoms with Gasteiger partial charge in [-0.1, -0.05) is 35.3 Å². The van der Waals surface area contributed by atoms with Crippen LogP contribution >= 0.6 is 23.2 Å². The second-order valence-electron chi connectivity index (χ2n) is 7.67. The summed E-state index contributed by atoms with van der Waals surface area (Å²) in [5.41, 5.74) is 1.68. The number of benzene rings is 1. The molecule has 2 aromatic rings. The number of urea groups is 1. The maximum absolute atomic E-state index is 12.9. The van der Waals surface area contributed by atoms with Crippen LogP contribution in [0.15, 0.2) is 47.7 Å². The lowest BCUT2D eigenvalue weighted by Crippen LogP contribution is -2.52. The Morgan fingerprint density at radius 1 is 1.09 bits per heavy atom. The minimum atomic E-state index is -0.629. The van der Waals surface area contributed by atoms with Crippen molar-refractivity contribution in [2.75, 3.05) is 44.2 Å². The first-order valence-corrected chi connectivity index (χ1v) is 11.4. The molecule has 0 spiro atoms. The number of nitrogens with zero attached hydrogens (tertiary/aromatic N) is 4. The second kappa shape index (κ2) is 10.4. The highest BCUT2D eigenvalue weighted by atomic mass is 35.5. The van der Waals surface area contributed by atoms with Crippen LogP contribution in [0.25, 0.3) is 0 Å². The normalized spacial score (nSPS) is 19.2. The van der Waals surface area contributed by atoms with Gasteiger partial charge in [0.1, 0.15) is 0 Å². The zero-order valence-corrected chi connectivity index (χ0v) is 19.6. The van der Waals surface area contributed by atoms with E-state index in [1.54, 1.807) is 37.3 Å². The number of hydrogen-bond acceptors (Lipinski definition) is 7. The smallest absolute Gasteiger partial charge is 0.338 e. The molecule has 0 unspecified atom stereocenters. The van der Waals surface area contributed by atoms with Gasteiger partial charge in [-0.25, -0.2) is 9.59 Å². The van der Waals surface area contributed by atoms with Crippen molar-refractivity contribution in [2.45, 2.75) is 13.0 Å². The van der Waals surface area contributed by atoms with Crippen molar-refractivity contribution in [1.29, 1.82) is 0 Å². The summed E-state index contributed by atoms with van der Waals surface area (Å²) in [5, 5.41) is 14.6. The maximum Gasteiger partial charge on any atom is 0.338 e. The predicted molar refractivity (Wildman–Crippen MR) is 125 cm³/mol. The van der Waals surface area contributed by atoms with Crippen molar-refractivity contribution < 1.29 is 14.3 Å². The minimum Gasteiger partial charge on any atom is -0.463 e. The van der Waals surface area contributed by atoms with Crippen molar-refractivity contribution >= 4 is 41.0 Å². The van der Waals surface area contributed by atoms with E-state index in [-0.39, 0.29) is 12.6 Å². The van der Waals surface area contributed by atoms with Gasteiger partial charge >= 0.3 is 12.0 Å². The van der Waals surface area contributed by atoms with E-state index in [9.17, 15) is 9.59 Å². The molecule has 0 bridgehead atoms. The van der Waals surface area contributed by atoms with E-state index in [1.807, 2.05) is 6.07 Å². The van der Waals surface area contributed by atoms with Gasteiger partial charge in [0, 0.05) is 43.4 Å². The van der Waals surface area contributed by atoms with E-state index >= 15 is 0 Å². The Hall–Kier alpha value is -2.88. The molecule has 3 heterocycles. The van der Waals surface area contributed by atoms with Gasteiger partial charge in [-0.05, 0) is 36.8 Å². The molecule has 1 aromatic heterocycles. The van der Waals surface area contributed by atoms with Gasteiger partial charge in [-0.2, -0.15) is 0 Å². The van der Waals surface area contributed by atoms with E-state index in [0.29, 0.717) is 28.0 Å². The van der Waals surface area contributed by atoms with Crippen molar-refractivity contribution in [3.63, 3.8) is 0 Å². The highest BCUT2D eigenvalue weighted by molar-refractivity contribution is 6.30. The Bertz CT molecular complexity index is 1040. The Balaban J connectivity index is 1.54. The number of rotatable bonds is 6. The molecule has 0 aliphatic carbocycles. The van der Waals surface area contributed by atoms with Gasteiger partial charge in [-0.15, -0.1) is 10.2 Å². The lowest BCUT2D eigenvalue weighted by molar-refractivity contribution is -0.139. The topological polar surface area (TPSA) is 99.7 Å². The van der Waals surface area contributed by atoms with Crippen LogP contribution in [0.2, 0.25) is 10.2 Å². The number of halogens is 2. The molecule has 2 aliphatic rings. The fourth-order valence-electron chi connectivity index (χ4n) is 3.93. The molecule has 11 heteroatoms. The zero-order valence-electron chi connectivity index (χ0n) is 18.1. The second-order valence-corrected chi connectivity index (χ2v) is 8.50. The fraction of sp³-hybridized carbons (Fsp3) is 0.364. The van der Waals surface area contributed by atoms with E-state index < -0.39 is 12.0 Å². The average Bonchev–Trinajstić information content (AvgIpc) is 2.80. The molecule has 0 radical (unpaired) electrons. The van der Waals surface area contributed by atoms with Crippen LogP contribution in [0.5, 0.6) is 0 Å². The predicted octanol–water partition coefficient (Wildman–Crippen LogP) is 2.78. The van der Waals surface area contributed by atoms with Gasteiger partial charge in [-0.3, -0.25) is 4.90 Å². The van der Waals surface area contributed by atoms with Crippen LogP contribution in [0.1, 0.15) is 18.5 Å². The highest BCUT2D eigenvalue weighted by Crippen LogP contribution is 2.29. The van der Waals surface area contributed by atoms with Crippen LogP contribution in [0.4, 0.5) is 10.6 Å². The number of carbonyl (C=O) groups is 2. The van der Waals surface area contributed by atoms with Crippen molar-refractivity contribution in [2.24, 2.45) is 0 Å². The van der Waals surface area contributed by atoms with Gasteiger partial charge < -0.3 is 20.3 Å². The molecule has 1 atom stereocenters. The summed E-state index contributed by atoms with van der Waals surface area (Å²) >= 11 is 11.9. The largest absolute Gasteiger partial charge is 0.463 e. The minimum absolute atomic E-state index is 0.234. The van der Waals surface area contributed by atoms with Crippen LogP contribution in [-0.4, -0.2) is 66.4 Å². The van der Waals surface area contributed by atoms with Gasteiger partial charge in [0.2, 0.25) is 0 Å². The first-order chi connectivity index (χ1) is 15.9. The molecule has 2 N–H and O–H groups in total. The fourth-order valence-corrected chi connectivity index (χ4v) is 4.16. The Kier molecular flexibility index (Phi) is 7.32.